The van der Waals surface area contributed by atoms with Crippen molar-refractivity contribution in [2.75, 3.05) is 6.61 Å². The van der Waals surface area contributed by atoms with Crippen molar-refractivity contribution >= 4 is 23.5 Å². The molecule has 0 saturated heterocycles. The summed E-state index contributed by atoms with van der Waals surface area (Å²) in [5.41, 5.74) is 4.73. The van der Waals surface area contributed by atoms with E-state index in [0.717, 1.165) is 33.3 Å². The maximum absolute atomic E-state index is 12.6. The highest BCUT2D eigenvalue weighted by Gasteiger charge is 2.19. The second-order valence-corrected chi connectivity index (χ2v) is 7.95. The standard InChI is InChI=1S/C22H24N2O4S/c1-13-10-18(15(3)24(13)5)20(25)11-27-22(26)17-8-6-7-9-21(17)29-12-19-14(2)23-28-16(19)4/h6-10H,11-12H2,1-5H3. The van der Waals surface area contributed by atoms with Crippen molar-refractivity contribution in [3.8, 4) is 0 Å². The van der Waals surface area contributed by atoms with Crippen LogP contribution in [0.2, 0.25) is 0 Å². The van der Waals surface area contributed by atoms with Gasteiger partial charge in [0, 0.05) is 40.2 Å². The molecule has 3 aromatic rings. The minimum atomic E-state index is -0.509. The van der Waals surface area contributed by atoms with Crippen LogP contribution in [0.4, 0.5) is 0 Å². The van der Waals surface area contributed by atoms with Crippen molar-refractivity contribution in [2.24, 2.45) is 7.05 Å². The van der Waals surface area contributed by atoms with Gasteiger partial charge in [0.05, 0.1) is 11.3 Å². The van der Waals surface area contributed by atoms with Crippen LogP contribution in [0.5, 0.6) is 0 Å². The van der Waals surface area contributed by atoms with Crippen LogP contribution in [0, 0.1) is 27.7 Å². The van der Waals surface area contributed by atoms with Crippen molar-refractivity contribution in [3.63, 3.8) is 0 Å². The van der Waals surface area contributed by atoms with E-state index in [0.29, 0.717) is 16.9 Å². The molecule has 1 aromatic carbocycles. The van der Waals surface area contributed by atoms with Gasteiger partial charge in [0.2, 0.25) is 5.78 Å². The molecule has 3 rings (SSSR count). The van der Waals surface area contributed by atoms with Crippen molar-refractivity contribution in [2.45, 2.75) is 38.3 Å². The predicted molar refractivity (Wildman–Crippen MR) is 111 cm³/mol. The molecular weight excluding hydrogens is 388 g/mol. The number of carbonyl (C=O) groups excluding carboxylic acids is 2. The Morgan fingerprint density at radius 2 is 1.86 bits per heavy atom. The topological polar surface area (TPSA) is 74.3 Å². The van der Waals surface area contributed by atoms with Gasteiger partial charge in [-0.3, -0.25) is 4.79 Å². The fraction of sp³-hybridized carbons (Fsp3) is 0.318. The number of aromatic nitrogens is 2. The fourth-order valence-electron chi connectivity index (χ4n) is 3.04. The van der Waals surface area contributed by atoms with Crippen LogP contribution < -0.4 is 0 Å². The summed E-state index contributed by atoms with van der Waals surface area (Å²) in [5, 5.41) is 3.96. The second-order valence-electron chi connectivity index (χ2n) is 6.93. The molecule has 152 valence electrons. The number of esters is 1. The Balaban J connectivity index is 1.68. The number of thioether (sulfide) groups is 1. The van der Waals surface area contributed by atoms with Gasteiger partial charge in [-0.1, -0.05) is 17.3 Å². The third-order valence-corrected chi connectivity index (χ3v) is 6.17. The van der Waals surface area contributed by atoms with Gasteiger partial charge in [-0.15, -0.1) is 11.8 Å². The Kier molecular flexibility index (Phi) is 6.27. The van der Waals surface area contributed by atoms with Crippen LogP contribution in [0.3, 0.4) is 0 Å². The van der Waals surface area contributed by atoms with E-state index < -0.39 is 5.97 Å². The summed E-state index contributed by atoms with van der Waals surface area (Å²) in [4.78, 5) is 25.9. The first-order valence-electron chi connectivity index (χ1n) is 9.26. The SMILES string of the molecule is Cc1noc(C)c1CSc1ccccc1C(=O)OCC(=O)c1cc(C)n(C)c1C. The lowest BCUT2D eigenvalue weighted by Crippen LogP contribution is -2.15. The highest BCUT2D eigenvalue weighted by molar-refractivity contribution is 7.98. The maximum atomic E-state index is 12.6. The third kappa shape index (κ3) is 4.45. The zero-order valence-corrected chi connectivity index (χ0v) is 18.1. The smallest absolute Gasteiger partial charge is 0.339 e. The first-order valence-corrected chi connectivity index (χ1v) is 10.2. The average molecular weight is 413 g/mol. The molecule has 0 amide bonds. The van der Waals surface area contributed by atoms with E-state index in [9.17, 15) is 9.59 Å². The zero-order chi connectivity index (χ0) is 21.1. The van der Waals surface area contributed by atoms with Crippen LogP contribution in [0.1, 0.15) is 49.1 Å². The summed E-state index contributed by atoms with van der Waals surface area (Å²) in [5.74, 6) is 0.687. The number of Topliss-reactive ketones (excluding diaryl/α,β-unsaturated/α-hetero) is 1. The maximum Gasteiger partial charge on any atom is 0.339 e. The third-order valence-electron chi connectivity index (χ3n) is 5.07. The quantitative estimate of drug-likeness (QED) is 0.321. The molecular formula is C22H24N2O4S. The Bertz CT molecular complexity index is 1050. The molecule has 0 aliphatic carbocycles. The van der Waals surface area contributed by atoms with Gasteiger partial charge in [0.15, 0.2) is 6.61 Å². The highest BCUT2D eigenvalue weighted by atomic mass is 32.2. The molecule has 0 atom stereocenters. The lowest BCUT2D eigenvalue weighted by atomic mass is 10.1. The normalized spacial score (nSPS) is 10.9. The molecule has 0 unspecified atom stereocenters. The molecule has 0 saturated carbocycles. The number of ketones is 1. The summed E-state index contributed by atoms with van der Waals surface area (Å²) in [6, 6.07) is 9.04. The van der Waals surface area contributed by atoms with E-state index in [2.05, 4.69) is 5.16 Å². The number of benzene rings is 1. The number of ether oxygens (including phenoxy) is 1. The molecule has 2 aromatic heterocycles. The minimum Gasteiger partial charge on any atom is -0.454 e. The molecule has 0 aliphatic heterocycles. The summed E-state index contributed by atoms with van der Waals surface area (Å²) >= 11 is 1.51. The molecule has 7 heteroatoms. The Morgan fingerprint density at radius 1 is 1.14 bits per heavy atom. The van der Waals surface area contributed by atoms with Gasteiger partial charge in [-0.2, -0.15) is 0 Å². The molecule has 0 fully saturated rings. The van der Waals surface area contributed by atoms with Crippen molar-refractivity contribution in [3.05, 3.63) is 69.9 Å². The van der Waals surface area contributed by atoms with E-state index in [1.54, 1.807) is 12.1 Å². The Labute approximate surface area is 174 Å². The molecule has 0 bridgehead atoms. The molecule has 0 spiro atoms. The van der Waals surface area contributed by atoms with Gasteiger partial charge < -0.3 is 13.8 Å². The monoisotopic (exact) mass is 412 g/mol. The second kappa shape index (κ2) is 8.69. The number of rotatable bonds is 7. The van der Waals surface area contributed by atoms with E-state index in [1.807, 2.05) is 57.5 Å². The van der Waals surface area contributed by atoms with Gasteiger partial charge in [-0.25, -0.2) is 4.79 Å². The summed E-state index contributed by atoms with van der Waals surface area (Å²) in [6.45, 7) is 7.29. The van der Waals surface area contributed by atoms with Crippen LogP contribution >= 0.6 is 11.8 Å². The lowest BCUT2D eigenvalue weighted by molar-refractivity contribution is 0.0471. The zero-order valence-electron chi connectivity index (χ0n) is 17.2. The Hall–Kier alpha value is -2.80. The van der Waals surface area contributed by atoms with E-state index in [1.165, 1.54) is 11.8 Å². The summed E-state index contributed by atoms with van der Waals surface area (Å²) in [6.07, 6.45) is 0. The molecule has 29 heavy (non-hydrogen) atoms. The van der Waals surface area contributed by atoms with Gasteiger partial charge in [0.1, 0.15) is 5.76 Å². The van der Waals surface area contributed by atoms with Gasteiger partial charge in [-0.05, 0) is 45.9 Å². The fourth-order valence-corrected chi connectivity index (χ4v) is 4.24. The number of hydrogen-bond donors (Lipinski definition) is 0. The number of aryl methyl sites for hydroxylation is 3. The van der Waals surface area contributed by atoms with Crippen molar-refractivity contribution in [1.29, 1.82) is 0 Å². The summed E-state index contributed by atoms with van der Waals surface area (Å²) < 4.78 is 12.5. The van der Waals surface area contributed by atoms with Crippen LogP contribution in [0.15, 0.2) is 39.8 Å². The Morgan fingerprint density at radius 3 is 2.48 bits per heavy atom. The molecule has 2 heterocycles. The van der Waals surface area contributed by atoms with Crippen molar-refractivity contribution in [1.82, 2.24) is 9.72 Å². The first-order chi connectivity index (χ1) is 13.8. The highest BCUT2D eigenvalue weighted by Crippen LogP contribution is 2.29. The minimum absolute atomic E-state index is 0.208. The van der Waals surface area contributed by atoms with Gasteiger partial charge >= 0.3 is 5.97 Å². The lowest BCUT2D eigenvalue weighted by Gasteiger charge is -2.09. The molecule has 6 nitrogen and oxygen atoms in total. The van der Waals surface area contributed by atoms with Crippen LogP contribution in [-0.2, 0) is 17.5 Å². The van der Waals surface area contributed by atoms with E-state index in [-0.39, 0.29) is 12.4 Å². The number of nitrogens with zero attached hydrogens (tertiary/aromatic N) is 2. The first kappa shape index (κ1) is 20.9. The van der Waals surface area contributed by atoms with E-state index >= 15 is 0 Å². The molecule has 0 radical (unpaired) electrons. The predicted octanol–water partition coefficient (Wildman–Crippen LogP) is 4.58. The average Bonchev–Trinajstić information content (AvgIpc) is 3.17. The number of carbonyl (C=O) groups is 2. The van der Waals surface area contributed by atoms with Crippen molar-refractivity contribution < 1.29 is 18.8 Å². The number of hydrogen-bond acceptors (Lipinski definition) is 6. The largest absolute Gasteiger partial charge is 0.454 e. The van der Waals surface area contributed by atoms with Crippen LogP contribution in [0.25, 0.3) is 0 Å². The van der Waals surface area contributed by atoms with E-state index in [4.69, 9.17) is 9.26 Å². The van der Waals surface area contributed by atoms with Gasteiger partial charge in [0.25, 0.3) is 0 Å². The summed E-state index contributed by atoms with van der Waals surface area (Å²) in [7, 11) is 1.90. The van der Waals surface area contributed by atoms with Crippen LogP contribution in [-0.4, -0.2) is 28.1 Å². The molecule has 0 aliphatic rings. The molecule has 0 N–H and O–H groups in total.